The minimum Gasteiger partial charge on any atom is -0.368 e. The van der Waals surface area contributed by atoms with Crippen molar-refractivity contribution in [3.63, 3.8) is 0 Å². The highest BCUT2D eigenvalue weighted by Crippen LogP contribution is 2.22. The second-order valence-electron chi connectivity index (χ2n) is 7.05. The van der Waals surface area contributed by atoms with E-state index in [9.17, 15) is 9.59 Å². The number of aromatic nitrogens is 1. The summed E-state index contributed by atoms with van der Waals surface area (Å²) in [5, 5.41) is 2.83. The van der Waals surface area contributed by atoms with Gasteiger partial charge in [0.1, 0.15) is 11.9 Å². The SMILES string of the molecule is Cc1ccc(N2CCC(C(=O)NC(CC(C)C)C(N)=O)CC2)nc1. The lowest BCUT2D eigenvalue weighted by Crippen LogP contribution is -2.49. The molecule has 1 aliphatic heterocycles. The summed E-state index contributed by atoms with van der Waals surface area (Å²) in [7, 11) is 0. The number of nitrogens with two attached hydrogens (primary N) is 1. The summed E-state index contributed by atoms with van der Waals surface area (Å²) in [5.74, 6) is 0.668. The molecule has 0 radical (unpaired) electrons. The first-order valence-electron chi connectivity index (χ1n) is 8.64. The second kappa shape index (κ2) is 8.13. The van der Waals surface area contributed by atoms with Gasteiger partial charge in [0, 0.05) is 25.2 Å². The van der Waals surface area contributed by atoms with E-state index < -0.39 is 11.9 Å². The highest BCUT2D eigenvalue weighted by atomic mass is 16.2. The van der Waals surface area contributed by atoms with E-state index in [4.69, 9.17) is 5.73 Å². The Morgan fingerprint density at radius 3 is 2.50 bits per heavy atom. The van der Waals surface area contributed by atoms with Gasteiger partial charge in [-0.15, -0.1) is 0 Å². The number of hydrogen-bond donors (Lipinski definition) is 2. The summed E-state index contributed by atoms with van der Waals surface area (Å²) in [6, 6.07) is 3.49. The van der Waals surface area contributed by atoms with Crippen LogP contribution in [0.3, 0.4) is 0 Å². The van der Waals surface area contributed by atoms with Crippen molar-refractivity contribution in [2.75, 3.05) is 18.0 Å². The van der Waals surface area contributed by atoms with E-state index in [0.717, 1.165) is 37.3 Å². The summed E-state index contributed by atoms with van der Waals surface area (Å²) in [5.41, 5.74) is 6.54. The molecule has 2 heterocycles. The van der Waals surface area contributed by atoms with Crippen LogP contribution in [-0.2, 0) is 9.59 Å². The van der Waals surface area contributed by atoms with Crippen LogP contribution in [0.5, 0.6) is 0 Å². The Kier molecular flexibility index (Phi) is 6.17. The molecule has 1 aliphatic rings. The van der Waals surface area contributed by atoms with E-state index >= 15 is 0 Å². The highest BCUT2D eigenvalue weighted by Gasteiger charge is 2.28. The van der Waals surface area contributed by atoms with Crippen LogP contribution in [0.25, 0.3) is 0 Å². The smallest absolute Gasteiger partial charge is 0.240 e. The Morgan fingerprint density at radius 1 is 1.33 bits per heavy atom. The number of anilines is 1. The fraction of sp³-hybridized carbons (Fsp3) is 0.611. The van der Waals surface area contributed by atoms with Crippen molar-refractivity contribution < 1.29 is 9.59 Å². The lowest BCUT2D eigenvalue weighted by molar-refractivity contribution is -0.130. The number of primary amides is 1. The molecule has 24 heavy (non-hydrogen) atoms. The fourth-order valence-electron chi connectivity index (χ4n) is 3.03. The standard InChI is InChI=1S/C18H28N4O2/c1-12(2)10-15(17(19)23)21-18(24)14-6-8-22(9-7-14)16-5-4-13(3)11-20-16/h4-5,11-12,14-15H,6-10H2,1-3H3,(H2,19,23)(H,21,24). The lowest BCUT2D eigenvalue weighted by atomic mass is 9.94. The van der Waals surface area contributed by atoms with E-state index in [1.807, 2.05) is 39.1 Å². The van der Waals surface area contributed by atoms with Gasteiger partial charge in [-0.1, -0.05) is 19.9 Å². The van der Waals surface area contributed by atoms with Gasteiger partial charge in [0.2, 0.25) is 11.8 Å². The minimum atomic E-state index is -0.575. The van der Waals surface area contributed by atoms with E-state index in [-0.39, 0.29) is 11.8 Å². The van der Waals surface area contributed by atoms with Gasteiger partial charge < -0.3 is 16.0 Å². The van der Waals surface area contributed by atoms with E-state index in [2.05, 4.69) is 15.2 Å². The molecular formula is C18H28N4O2. The van der Waals surface area contributed by atoms with Crippen molar-refractivity contribution in [2.45, 2.75) is 46.1 Å². The molecule has 1 fully saturated rings. The predicted molar refractivity (Wildman–Crippen MR) is 94.5 cm³/mol. The van der Waals surface area contributed by atoms with Crippen LogP contribution in [-0.4, -0.2) is 35.9 Å². The van der Waals surface area contributed by atoms with E-state index in [1.165, 1.54) is 0 Å². The maximum atomic E-state index is 12.4. The summed E-state index contributed by atoms with van der Waals surface area (Å²) in [4.78, 5) is 30.6. The third-order valence-electron chi connectivity index (χ3n) is 4.45. The monoisotopic (exact) mass is 332 g/mol. The van der Waals surface area contributed by atoms with Crippen LogP contribution < -0.4 is 16.0 Å². The molecule has 1 unspecified atom stereocenters. The van der Waals surface area contributed by atoms with Gasteiger partial charge in [-0.05, 0) is 43.7 Å². The zero-order valence-corrected chi connectivity index (χ0v) is 14.8. The first kappa shape index (κ1) is 18.2. The molecule has 6 nitrogen and oxygen atoms in total. The molecule has 1 saturated heterocycles. The molecule has 0 saturated carbocycles. The Bertz CT molecular complexity index is 563. The third-order valence-corrected chi connectivity index (χ3v) is 4.45. The molecule has 132 valence electrons. The summed E-state index contributed by atoms with van der Waals surface area (Å²) >= 11 is 0. The van der Waals surface area contributed by atoms with Gasteiger partial charge in [0.05, 0.1) is 0 Å². The molecule has 0 aliphatic carbocycles. The van der Waals surface area contributed by atoms with Crippen LogP contribution >= 0.6 is 0 Å². The van der Waals surface area contributed by atoms with Gasteiger partial charge in [-0.25, -0.2) is 4.98 Å². The number of hydrogen-bond acceptors (Lipinski definition) is 4. The van der Waals surface area contributed by atoms with Crippen LogP contribution in [0.15, 0.2) is 18.3 Å². The summed E-state index contributed by atoms with van der Waals surface area (Å²) in [6.45, 7) is 7.61. The molecule has 2 amide bonds. The van der Waals surface area contributed by atoms with Crippen molar-refractivity contribution in [2.24, 2.45) is 17.6 Å². The lowest BCUT2D eigenvalue weighted by Gasteiger charge is -2.32. The molecule has 0 spiro atoms. The molecule has 3 N–H and O–H groups in total. The Morgan fingerprint density at radius 2 is 2.00 bits per heavy atom. The van der Waals surface area contributed by atoms with Gasteiger partial charge in [0.15, 0.2) is 0 Å². The summed E-state index contributed by atoms with van der Waals surface area (Å²) in [6.07, 6.45) is 3.95. The van der Waals surface area contributed by atoms with Crippen molar-refractivity contribution in [1.29, 1.82) is 0 Å². The number of carbonyl (C=O) groups excluding carboxylic acids is 2. The summed E-state index contributed by atoms with van der Waals surface area (Å²) < 4.78 is 0. The quantitative estimate of drug-likeness (QED) is 0.828. The molecule has 1 atom stereocenters. The van der Waals surface area contributed by atoms with Gasteiger partial charge in [0.25, 0.3) is 0 Å². The van der Waals surface area contributed by atoms with Crippen molar-refractivity contribution >= 4 is 17.6 Å². The number of rotatable bonds is 6. The Balaban J connectivity index is 1.87. The first-order chi connectivity index (χ1) is 11.4. The molecule has 6 heteroatoms. The maximum Gasteiger partial charge on any atom is 0.240 e. The van der Waals surface area contributed by atoms with Crippen LogP contribution in [0, 0.1) is 18.8 Å². The van der Waals surface area contributed by atoms with Crippen LogP contribution in [0.4, 0.5) is 5.82 Å². The molecule has 1 aromatic heterocycles. The van der Waals surface area contributed by atoms with E-state index in [0.29, 0.717) is 12.3 Å². The number of piperidine rings is 1. The van der Waals surface area contributed by atoms with Gasteiger partial charge in [-0.2, -0.15) is 0 Å². The average Bonchev–Trinajstić information content (AvgIpc) is 2.54. The number of aryl methyl sites for hydroxylation is 1. The molecule has 2 rings (SSSR count). The Hall–Kier alpha value is -2.11. The normalized spacial score (nSPS) is 16.9. The van der Waals surface area contributed by atoms with Crippen molar-refractivity contribution in [1.82, 2.24) is 10.3 Å². The van der Waals surface area contributed by atoms with Gasteiger partial charge in [-0.3, -0.25) is 9.59 Å². The zero-order chi connectivity index (χ0) is 17.7. The van der Waals surface area contributed by atoms with Crippen LogP contribution in [0.1, 0.15) is 38.7 Å². The Labute approximate surface area is 143 Å². The van der Waals surface area contributed by atoms with E-state index in [1.54, 1.807) is 0 Å². The predicted octanol–water partition coefficient (Wildman–Crippen LogP) is 1.62. The third kappa shape index (κ3) is 4.94. The molecular weight excluding hydrogens is 304 g/mol. The topological polar surface area (TPSA) is 88.3 Å². The molecule has 0 bridgehead atoms. The maximum absolute atomic E-state index is 12.4. The zero-order valence-electron chi connectivity index (χ0n) is 14.8. The average molecular weight is 332 g/mol. The number of nitrogens with one attached hydrogen (secondary N) is 1. The number of amides is 2. The second-order valence-corrected chi connectivity index (χ2v) is 7.05. The number of nitrogens with zero attached hydrogens (tertiary/aromatic N) is 2. The number of pyridine rings is 1. The fourth-order valence-corrected chi connectivity index (χ4v) is 3.03. The highest BCUT2D eigenvalue weighted by molar-refractivity contribution is 5.87. The molecule has 0 aromatic carbocycles. The van der Waals surface area contributed by atoms with Crippen LogP contribution in [0.2, 0.25) is 0 Å². The molecule has 1 aromatic rings. The van der Waals surface area contributed by atoms with Gasteiger partial charge >= 0.3 is 0 Å². The largest absolute Gasteiger partial charge is 0.368 e. The minimum absolute atomic E-state index is 0.0593. The number of carbonyl (C=O) groups is 2. The first-order valence-corrected chi connectivity index (χ1v) is 8.64. The van der Waals surface area contributed by atoms with Crippen molar-refractivity contribution in [3.05, 3.63) is 23.9 Å². The van der Waals surface area contributed by atoms with Crippen molar-refractivity contribution in [3.8, 4) is 0 Å².